The van der Waals surface area contributed by atoms with Crippen molar-refractivity contribution in [3.8, 4) is 17.3 Å². The minimum absolute atomic E-state index is 0.188. The second-order valence-corrected chi connectivity index (χ2v) is 9.76. The number of pyridine rings is 1. The normalized spacial score (nSPS) is 20.6. The van der Waals surface area contributed by atoms with Gasteiger partial charge in [-0.25, -0.2) is 14.4 Å². The summed E-state index contributed by atoms with van der Waals surface area (Å²) in [7, 11) is 3.56. The van der Waals surface area contributed by atoms with Gasteiger partial charge in [-0.1, -0.05) is 0 Å². The van der Waals surface area contributed by atoms with E-state index in [1.165, 1.54) is 12.8 Å². The maximum atomic E-state index is 13.8. The van der Waals surface area contributed by atoms with Crippen molar-refractivity contribution in [2.45, 2.75) is 38.0 Å². The summed E-state index contributed by atoms with van der Waals surface area (Å²) in [4.78, 5) is 24.5. The number of fused-ring (bicyclic) bond motifs is 2. The van der Waals surface area contributed by atoms with Gasteiger partial charge in [-0.05, 0) is 55.5 Å². The lowest BCUT2D eigenvalue weighted by Crippen LogP contribution is -2.51. The number of aromatic nitrogens is 4. The van der Waals surface area contributed by atoms with Crippen LogP contribution in [0.5, 0.6) is 5.75 Å². The molecule has 1 aliphatic carbocycles. The van der Waals surface area contributed by atoms with Crippen LogP contribution < -0.4 is 10.5 Å². The lowest BCUT2D eigenvalue weighted by Gasteiger charge is -2.33. The number of carbonyl (C=O) groups is 1. The smallest absolute Gasteiger partial charge is 0.254 e. The molecule has 0 unspecified atom stereocenters. The van der Waals surface area contributed by atoms with Crippen molar-refractivity contribution < 1.29 is 13.9 Å². The van der Waals surface area contributed by atoms with Crippen LogP contribution in [0.3, 0.4) is 0 Å². The molecule has 9 heteroatoms. The third-order valence-corrected chi connectivity index (χ3v) is 7.28. The number of imidazole rings is 1. The number of ether oxygens (including phenoxy) is 1. The molecule has 1 amide bonds. The summed E-state index contributed by atoms with van der Waals surface area (Å²) in [6.45, 7) is 1.45. The van der Waals surface area contributed by atoms with Gasteiger partial charge in [-0.3, -0.25) is 4.79 Å². The van der Waals surface area contributed by atoms with E-state index in [0.717, 1.165) is 34.6 Å². The fourth-order valence-electron chi connectivity index (χ4n) is 5.15. The second-order valence-electron chi connectivity index (χ2n) is 9.76. The Balaban J connectivity index is 1.45. The van der Waals surface area contributed by atoms with E-state index in [0.29, 0.717) is 29.3 Å². The lowest BCUT2D eigenvalue weighted by atomic mass is 10.0. The number of alkyl halides is 1. The van der Waals surface area contributed by atoms with E-state index < -0.39 is 12.2 Å². The fourth-order valence-corrected chi connectivity index (χ4v) is 5.15. The molecule has 4 aromatic rings. The molecule has 0 radical (unpaired) electrons. The average molecular weight is 477 g/mol. The van der Waals surface area contributed by atoms with Crippen molar-refractivity contribution in [1.29, 1.82) is 0 Å². The van der Waals surface area contributed by atoms with Crippen LogP contribution in [0.1, 0.15) is 29.6 Å². The van der Waals surface area contributed by atoms with Crippen LogP contribution in [0.15, 0.2) is 36.5 Å². The zero-order valence-corrected chi connectivity index (χ0v) is 19.9. The number of benzene rings is 1. The number of rotatable bonds is 5. The molecule has 8 nitrogen and oxygen atoms in total. The first-order valence-electron chi connectivity index (χ1n) is 12.1. The third kappa shape index (κ3) is 3.74. The molecule has 182 valence electrons. The molecule has 1 aliphatic heterocycles. The highest BCUT2D eigenvalue weighted by atomic mass is 19.1. The molecule has 0 spiro atoms. The first-order chi connectivity index (χ1) is 16.9. The van der Waals surface area contributed by atoms with Gasteiger partial charge in [0, 0.05) is 43.8 Å². The standard InChI is InChI=1S/C26H29FN6O2/c1-31-23-20(10-17(12-22(23)35-2)26(34)32-9-7-18(27)19(28)14-32)30-25(31)21-11-16-4-3-8-29-24(16)33(21)13-15-5-6-15/h3-4,8,10-12,15,18-19H,5-7,9,13-14,28H2,1-2H3/t18-,19-/m0/s1. The molecule has 1 aromatic carbocycles. The molecule has 2 N–H and O–H groups in total. The van der Waals surface area contributed by atoms with Crippen molar-refractivity contribution in [2.75, 3.05) is 20.2 Å². The quantitative estimate of drug-likeness (QED) is 0.476. The minimum atomic E-state index is -1.08. The number of halogens is 1. The van der Waals surface area contributed by atoms with Gasteiger partial charge in [-0.15, -0.1) is 0 Å². The van der Waals surface area contributed by atoms with Gasteiger partial charge in [0.15, 0.2) is 5.82 Å². The molecule has 0 bridgehead atoms. The Bertz CT molecular complexity index is 1440. The Morgan fingerprint density at radius 2 is 2.09 bits per heavy atom. The zero-order chi connectivity index (χ0) is 24.3. The monoisotopic (exact) mass is 476 g/mol. The van der Waals surface area contributed by atoms with E-state index in [1.807, 2.05) is 23.9 Å². The van der Waals surface area contributed by atoms with Crippen LogP contribution in [-0.2, 0) is 13.6 Å². The molecule has 35 heavy (non-hydrogen) atoms. The Hall–Kier alpha value is -3.46. The van der Waals surface area contributed by atoms with E-state index in [2.05, 4.69) is 21.7 Å². The van der Waals surface area contributed by atoms with Crippen LogP contribution in [0, 0.1) is 5.92 Å². The topological polar surface area (TPSA) is 91.2 Å². The number of likely N-dealkylation sites (tertiary alicyclic amines) is 1. The van der Waals surface area contributed by atoms with E-state index in [9.17, 15) is 9.18 Å². The maximum absolute atomic E-state index is 13.8. The van der Waals surface area contributed by atoms with Crippen LogP contribution in [0.2, 0.25) is 0 Å². The van der Waals surface area contributed by atoms with Gasteiger partial charge in [0.2, 0.25) is 0 Å². The van der Waals surface area contributed by atoms with Crippen LogP contribution in [0.25, 0.3) is 33.6 Å². The number of amides is 1. The molecule has 2 atom stereocenters. The average Bonchev–Trinajstić information content (AvgIpc) is 3.53. The summed E-state index contributed by atoms with van der Waals surface area (Å²) in [5.41, 5.74) is 9.79. The number of hydrogen-bond acceptors (Lipinski definition) is 5. The lowest BCUT2D eigenvalue weighted by molar-refractivity contribution is 0.0630. The van der Waals surface area contributed by atoms with Crippen LogP contribution in [-0.4, -0.2) is 62.3 Å². The Kier molecular flexibility index (Phi) is 5.25. The molecular formula is C26H29FN6O2. The predicted octanol–water partition coefficient (Wildman–Crippen LogP) is 3.52. The number of nitrogens with zero attached hydrogens (tertiary/aromatic N) is 5. The summed E-state index contributed by atoms with van der Waals surface area (Å²) in [5.74, 6) is 1.84. The predicted molar refractivity (Wildman–Crippen MR) is 132 cm³/mol. The maximum Gasteiger partial charge on any atom is 0.254 e. The van der Waals surface area contributed by atoms with Gasteiger partial charge in [0.1, 0.15) is 23.1 Å². The molecule has 1 saturated heterocycles. The SMILES string of the molecule is COc1cc(C(=O)N2CC[C@H](F)[C@@H](N)C2)cc2nc(-c3cc4cccnc4n3CC3CC3)n(C)c12. The highest BCUT2D eigenvalue weighted by Crippen LogP contribution is 2.37. The molecule has 1 saturated carbocycles. The Morgan fingerprint density at radius 3 is 2.83 bits per heavy atom. The minimum Gasteiger partial charge on any atom is -0.494 e. The zero-order valence-electron chi connectivity index (χ0n) is 19.9. The van der Waals surface area contributed by atoms with E-state index in [4.69, 9.17) is 15.5 Å². The van der Waals surface area contributed by atoms with Crippen molar-refractivity contribution in [3.63, 3.8) is 0 Å². The number of hydrogen-bond donors (Lipinski definition) is 1. The summed E-state index contributed by atoms with van der Waals surface area (Å²) < 4.78 is 23.8. The second kappa shape index (κ2) is 8.34. The Labute approximate surface area is 202 Å². The number of piperidine rings is 1. The molecule has 3 aromatic heterocycles. The first-order valence-corrected chi connectivity index (χ1v) is 12.1. The highest BCUT2D eigenvalue weighted by Gasteiger charge is 2.31. The molecular weight excluding hydrogens is 447 g/mol. The molecule has 2 fully saturated rings. The largest absolute Gasteiger partial charge is 0.494 e. The molecule has 6 rings (SSSR count). The molecule has 2 aliphatic rings. The Morgan fingerprint density at radius 1 is 1.26 bits per heavy atom. The van der Waals surface area contributed by atoms with E-state index in [1.54, 1.807) is 24.1 Å². The number of aryl methyl sites for hydroxylation is 1. The van der Waals surface area contributed by atoms with Crippen LogP contribution in [0.4, 0.5) is 4.39 Å². The van der Waals surface area contributed by atoms with Gasteiger partial charge in [0.05, 0.1) is 24.4 Å². The third-order valence-electron chi connectivity index (χ3n) is 7.28. The van der Waals surface area contributed by atoms with Gasteiger partial charge >= 0.3 is 0 Å². The first kappa shape index (κ1) is 22.0. The summed E-state index contributed by atoms with van der Waals surface area (Å²) in [5, 5.41) is 1.07. The number of nitrogens with two attached hydrogens (primary N) is 1. The van der Waals surface area contributed by atoms with Crippen molar-refractivity contribution >= 4 is 28.0 Å². The number of carbonyl (C=O) groups excluding carboxylic acids is 1. The van der Waals surface area contributed by atoms with Gasteiger partial charge in [-0.2, -0.15) is 0 Å². The molecule has 4 heterocycles. The van der Waals surface area contributed by atoms with E-state index in [-0.39, 0.29) is 18.9 Å². The van der Waals surface area contributed by atoms with Crippen molar-refractivity contribution in [1.82, 2.24) is 24.0 Å². The summed E-state index contributed by atoms with van der Waals surface area (Å²) >= 11 is 0. The fraction of sp³-hybridized carbons (Fsp3) is 0.423. The van der Waals surface area contributed by atoms with Crippen molar-refractivity contribution in [2.24, 2.45) is 18.7 Å². The van der Waals surface area contributed by atoms with Gasteiger partial charge < -0.3 is 24.5 Å². The van der Waals surface area contributed by atoms with Crippen molar-refractivity contribution in [3.05, 3.63) is 42.1 Å². The summed E-state index contributed by atoms with van der Waals surface area (Å²) in [6, 6.07) is 9.02. The van der Waals surface area contributed by atoms with E-state index >= 15 is 0 Å². The van der Waals surface area contributed by atoms with Crippen LogP contribution >= 0.6 is 0 Å². The highest BCUT2D eigenvalue weighted by molar-refractivity contribution is 6.00. The number of methoxy groups -OCH3 is 1. The van der Waals surface area contributed by atoms with Gasteiger partial charge in [0.25, 0.3) is 5.91 Å². The summed E-state index contributed by atoms with van der Waals surface area (Å²) in [6.07, 6.45) is 3.46.